The molecular weight excluding hydrogens is 921 g/mol. The first-order valence-corrected chi connectivity index (χ1v) is 25.2. The van der Waals surface area contributed by atoms with Crippen LogP contribution in [0.2, 0.25) is 0 Å². The Bertz CT molecular complexity index is 2040. The highest BCUT2D eigenvalue weighted by atomic mass is 16.6. The van der Waals surface area contributed by atoms with Crippen LogP contribution >= 0.6 is 0 Å². The molecule has 1 aliphatic rings. The van der Waals surface area contributed by atoms with Gasteiger partial charge in [0, 0.05) is 25.7 Å². The van der Waals surface area contributed by atoms with E-state index >= 15 is 0 Å². The first-order chi connectivity index (χ1) is 34.3. The highest BCUT2D eigenvalue weighted by molar-refractivity contribution is 5.97. The number of rotatable bonds is 4. The monoisotopic (exact) mass is 1000 g/mol. The van der Waals surface area contributed by atoms with E-state index in [1.165, 1.54) is 12.1 Å². The zero-order chi connectivity index (χ0) is 53.0. The summed E-state index contributed by atoms with van der Waals surface area (Å²) in [6, 6.07) is 9.22. The fraction of sp³-hybridized carbons (Fsp3) is 0.483. The van der Waals surface area contributed by atoms with E-state index in [4.69, 9.17) is 9.47 Å². The topological polar surface area (TPSA) is 255 Å². The molecule has 0 spiro atoms. The summed E-state index contributed by atoms with van der Waals surface area (Å²) in [5.41, 5.74) is 2.39. The first-order valence-electron chi connectivity index (χ1n) is 25.2. The van der Waals surface area contributed by atoms with Crippen molar-refractivity contribution >= 4 is 24.1 Å². The van der Waals surface area contributed by atoms with Gasteiger partial charge in [-0.3, -0.25) is 0 Å². The van der Waals surface area contributed by atoms with E-state index in [2.05, 4.69) is 0 Å². The van der Waals surface area contributed by atoms with Crippen LogP contribution < -0.4 is 0 Å². The van der Waals surface area contributed by atoms with E-state index < -0.39 is 73.0 Å². The molecule has 0 bridgehead atoms. The summed E-state index contributed by atoms with van der Waals surface area (Å²) in [5, 5.41) is 106. The van der Waals surface area contributed by atoms with Crippen LogP contribution in [0.5, 0.6) is 11.5 Å². The summed E-state index contributed by atoms with van der Waals surface area (Å²) in [6.45, 7) is 6.82. The summed E-state index contributed by atoms with van der Waals surface area (Å²) in [6.07, 6.45) is 19.0. The van der Waals surface area contributed by atoms with Crippen LogP contribution in [0.1, 0.15) is 149 Å². The number of aliphatic hydroxyl groups is 8. The second-order valence-corrected chi connectivity index (χ2v) is 19.1. The van der Waals surface area contributed by atoms with Gasteiger partial charge in [-0.15, -0.1) is 0 Å². The molecule has 14 nitrogen and oxygen atoms in total. The highest BCUT2D eigenvalue weighted by Gasteiger charge is 2.27. The molecule has 3 rings (SSSR count). The van der Waals surface area contributed by atoms with Gasteiger partial charge in [0.15, 0.2) is 0 Å². The highest BCUT2D eigenvalue weighted by Crippen LogP contribution is 2.28. The SMILES string of the molecule is C\C1=C/C=C/C=C/C=C/c2cccc(O)c2C(=O)O[C@@H](CC(C)O)C[C@@H](O)CCC[C@@H](O)C[C@@H](O)C/C(C)=C/C=C/C=C/C=C/c2cccc(O)c2C(=O)O[C@@H](CC(C)O)C[C@@H](O)CCC[C@@H](O)C[C@@H](O)C1. The third kappa shape index (κ3) is 24.8. The molecule has 10 atom stereocenters. The van der Waals surface area contributed by atoms with Crippen molar-refractivity contribution in [3.63, 3.8) is 0 Å². The minimum atomic E-state index is -0.920. The van der Waals surface area contributed by atoms with Crippen molar-refractivity contribution in [2.75, 3.05) is 0 Å². The van der Waals surface area contributed by atoms with Crippen molar-refractivity contribution in [3.05, 3.63) is 143 Å². The number of aromatic hydroxyl groups is 2. The lowest BCUT2D eigenvalue weighted by Gasteiger charge is -2.23. The van der Waals surface area contributed by atoms with Crippen molar-refractivity contribution in [2.45, 2.75) is 179 Å². The van der Waals surface area contributed by atoms with Crippen LogP contribution in [-0.4, -0.2) is 124 Å². The molecule has 72 heavy (non-hydrogen) atoms. The quantitative estimate of drug-likeness (QED) is 0.129. The van der Waals surface area contributed by atoms with Crippen molar-refractivity contribution in [1.82, 2.24) is 0 Å². The smallest absolute Gasteiger partial charge is 0.342 e. The minimum absolute atomic E-state index is 0.0221. The molecule has 0 radical (unpaired) electrons. The Kier molecular flexibility index (Phi) is 28.2. The number of esters is 2. The lowest BCUT2D eigenvalue weighted by atomic mass is 9.98. The summed E-state index contributed by atoms with van der Waals surface area (Å²) in [4.78, 5) is 27.0. The Hall–Kier alpha value is -5.42. The number of cyclic esters (lactones) is 2. The Morgan fingerprint density at radius 1 is 0.486 bits per heavy atom. The Morgan fingerprint density at radius 2 is 0.819 bits per heavy atom. The van der Waals surface area contributed by atoms with Crippen molar-refractivity contribution < 1.29 is 70.1 Å². The first kappa shape index (κ1) is 60.9. The third-order valence-electron chi connectivity index (χ3n) is 11.9. The number of ether oxygens (including phenoxy) is 2. The molecule has 1 aliphatic heterocycles. The van der Waals surface area contributed by atoms with Gasteiger partial charge < -0.3 is 60.5 Å². The van der Waals surface area contributed by atoms with Crippen LogP contribution in [0.4, 0.5) is 0 Å². The van der Waals surface area contributed by atoms with Crippen LogP contribution in [0.3, 0.4) is 0 Å². The predicted molar refractivity (Wildman–Crippen MR) is 281 cm³/mol. The minimum Gasteiger partial charge on any atom is -0.507 e. The second-order valence-electron chi connectivity index (χ2n) is 19.1. The molecule has 0 saturated carbocycles. The maximum Gasteiger partial charge on any atom is 0.342 e. The Labute approximate surface area is 425 Å². The van der Waals surface area contributed by atoms with Gasteiger partial charge >= 0.3 is 11.9 Å². The molecule has 0 amide bonds. The maximum atomic E-state index is 13.5. The largest absolute Gasteiger partial charge is 0.507 e. The zero-order valence-electron chi connectivity index (χ0n) is 42.3. The van der Waals surface area contributed by atoms with Crippen LogP contribution in [0.15, 0.2) is 120 Å². The van der Waals surface area contributed by atoms with Crippen LogP contribution in [-0.2, 0) is 9.47 Å². The fourth-order valence-corrected chi connectivity index (χ4v) is 8.48. The lowest BCUT2D eigenvalue weighted by Crippen LogP contribution is -2.28. The number of hydrogen-bond acceptors (Lipinski definition) is 14. The normalized spacial score (nSPS) is 30.3. The molecule has 0 fully saturated rings. The van der Waals surface area contributed by atoms with Gasteiger partial charge in [-0.25, -0.2) is 9.59 Å². The van der Waals surface area contributed by atoms with Crippen molar-refractivity contribution in [2.24, 2.45) is 0 Å². The molecule has 1 heterocycles. The molecule has 2 aromatic carbocycles. The average Bonchev–Trinajstić information content (AvgIpc) is 3.27. The predicted octanol–water partition coefficient (Wildman–Crippen LogP) is 8.39. The number of fused-ring (bicyclic) bond motifs is 2. The van der Waals surface area contributed by atoms with E-state index in [1.807, 2.05) is 26.0 Å². The number of aliphatic hydroxyl groups excluding tert-OH is 8. The zero-order valence-corrected chi connectivity index (χ0v) is 42.3. The maximum absolute atomic E-state index is 13.5. The van der Waals surface area contributed by atoms with Crippen molar-refractivity contribution in [3.8, 4) is 11.5 Å². The van der Waals surface area contributed by atoms with Gasteiger partial charge in [-0.05, 0) is 115 Å². The van der Waals surface area contributed by atoms with Gasteiger partial charge in [0.2, 0.25) is 0 Å². The van der Waals surface area contributed by atoms with E-state index in [9.17, 15) is 60.7 Å². The van der Waals surface area contributed by atoms with Gasteiger partial charge in [0.1, 0.15) is 34.8 Å². The lowest BCUT2D eigenvalue weighted by molar-refractivity contribution is -0.00402. The fourth-order valence-electron chi connectivity index (χ4n) is 8.48. The third-order valence-corrected chi connectivity index (χ3v) is 11.9. The number of phenolic OH excluding ortho intramolecular Hbond substituents is 2. The molecule has 0 saturated heterocycles. The van der Waals surface area contributed by atoms with E-state index in [1.54, 1.807) is 111 Å². The van der Waals surface area contributed by atoms with Gasteiger partial charge in [0.25, 0.3) is 0 Å². The van der Waals surface area contributed by atoms with E-state index in [0.29, 0.717) is 49.7 Å². The number of carbonyl (C=O) groups excluding carboxylic acids is 2. The number of phenols is 2. The number of benzene rings is 2. The second kappa shape index (κ2) is 33.3. The van der Waals surface area contributed by atoms with Crippen LogP contribution in [0, 0.1) is 0 Å². The summed E-state index contributed by atoms with van der Waals surface area (Å²) in [5.74, 6) is -2.21. The van der Waals surface area contributed by atoms with Gasteiger partial charge in [-0.2, -0.15) is 0 Å². The number of carbonyl (C=O) groups is 2. The Balaban J connectivity index is 1.78. The standard InChI is InChI=1S/C58H80O14/c1-39-19-11-7-5-9-13-21-43-23-15-29-53(67)55(43)57(69)72-52(34-42(4)60)38-48(64)28-18-26-46(62)36-50(66)32-40(2)20-12-8-6-10-14-22-44-24-16-30-54(68)56(44)58(70)71-51(33-41(3)59)37-47(63)27-17-25-45(61)35-49(65)31-39/h5-16,19-24,29-30,41-42,45-52,59-68H,17-18,25-28,31-38H2,1-4H3/b9-5+,10-6+,11-7+,12-8+,21-13+,22-14+,39-19+,40-20+/t41?,42?,45-,46-,47+,48+,49+,50+,51+,52+/m1/s1. The molecule has 2 aromatic rings. The molecule has 10 N–H and O–H groups in total. The summed E-state index contributed by atoms with van der Waals surface area (Å²) < 4.78 is 11.5. The van der Waals surface area contributed by atoms with E-state index in [-0.39, 0.29) is 74.0 Å². The number of hydrogen-bond donors (Lipinski definition) is 10. The van der Waals surface area contributed by atoms with Crippen molar-refractivity contribution in [1.29, 1.82) is 0 Å². The van der Waals surface area contributed by atoms with Gasteiger partial charge in [-0.1, -0.05) is 120 Å². The number of allylic oxidation sites excluding steroid dienone is 12. The van der Waals surface area contributed by atoms with Crippen LogP contribution in [0.25, 0.3) is 12.2 Å². The molecule has 396 valence electrons. The average molecular weight is 1000 g/mol. The van der Waals surface area contributed by atoms with Gasteiger partial charge in [0.05, 0.1) is 48.8 Å². The molecule has 2 unspecified atom stereocenters. The Morgan fingerprint density at radius 3 is 1.18 bits per heavy atom. The summed E-state index contributed by atoms with van der Waals surface area (Å²) >= 11 is 0. The molecule has 0 aliphatic carbocycles. The molecule has 14 heteroatoms. The van der Waals surface area contributed by atoms with E-state index in [0.717, 1.165) is 11.1 Å². The molecule has 0 aromatic heterocycles. The summed E-state index contributed by atoms with van der Waals surface area (Å²) in [7, 11) is 0. The molecular formula is C58H80O14.